The van der Waals surface area contributed by atoms with E-state index in [-0.39, 0.29) is 29.3 Å². The highest BCUT2D eigenvalue weighted by Gasteiger charge is 2.33. The zero-order chi connectivity index (χ0) is 21.8. The van der Waals surface area contributed by atoms with Crippen molar-refractivity contribution in [3.05, 3.63) is 46.6 Å². The lowest BCUT2D eigenvalue weighted by Gasteiger charge is -2.31. The van der Waals surface area contributed by atoms with Gasteiger partial charge in [0.2, 0.25) is 5.88 Å². The number of rotatable bonds is 8. The van der Waals surface area contributed by atoms with Gasteiger partial charge < -0.3 is 9.64 Å². The maximum atomic E-state index is 13.2. The van der Waals surface area contributed by atoms with Crippen LogP contribution in [0.5, 0.6) is 5.88 Å². The summed E-state index contributed by atoms with van der Waals surface area (Å²) in [7, 11) is -3.80. The number of nitrogens with one attached hydrogen (secondary N) is 1. The lowest BCUT2D eigenvalue weighted by atomic mass is 10.1. The molecule has 0 bridgehead atoms. The van der Waals surface area contributed by atoms with Crippen LogP contribution >= 0.6 is 15.9 Å². The minimum absolute atomic E-state index is 0.118. The van der Waals surface area contributed by atoms with Crippen molar-refractivity contribution in [1.29, 1.82) is 0 Å². The number of aryl methyl sites for hydroxylation is 1. The van der Waals surface area contributed by atoms with Gasteiger partial charge in [0.05, 0.1) is 11.5 Å². The Morgan fingerprint density at radius 2 is 1.90 bits per heavy atom. The van der Waals surface area contributed by atoms with Crippen molar-refractivity contribution in [3.8, 4) is 5.88 Å². The summed E-state index contributed by atoms with van der Waals surface area (Å²) in [6, 6.07) is 8.10. The van der Waals surface area contributed by atoms with Crippen molar-refractivity contribution in [3.63, 3.8) is 0 Å². The van der Waals surface area contributed by atoms with Crippen molar-refractivity contribution < 1.29 is 21.9 Å². The Hall–Kier alpha value is -1.78. The van der Waals surface area contributed by atoms with Crippen LogP contribution in [-0.4, -0.2) is 50.5 Å². The molecule has 1 fully saturated rings. The van der Waals surface area contributed by atoms with Gasteiger partial charge in [0, 0.05) is 43.1 Å². The summed E-state index contributed by atoms with van der Waals surface area (Å²) in [5.41, 5.74) is 1.18. The molecule has 1 aliphatic rings. The Balaban J connectivity index is 1.59. The summed E-state index contributed by atoms with van der Waals surface area (Å²) in [6.45, 7) is 3.54. The van der Waals surface area contributed by atoms with Gasteiger partial charge in [-0.2, -0.15) is 0 Å². The second-order valence-corrected chi connectivity index (χ2v) is 9.92. The van der Waals surface area contributed by atoms with Gasteiger partial charge in [-0.25, -0.2) is 22.2 Å². The van der Waals surface area contributed by atoms with Crippen molar-refractivity contribution in [2.75, 3.05) is 31.0 Å². The third kappa shape index (κ3) is 6.36. The first-order valence-electron chi connectivity index (χ1n) is 9.63. The number of hydrogen-bond acceptors (Lipinski definition) is 5. The molecule has 6 nitrogen and oxygen atoms in total. The van der Waals surface area contributed by atoms with E-state index in [4.69, 9.17) is 4.74 Å². The zero-order valence-electron chi connectivity index (χ0n) is 16.6. The van der Waals surface area contributed by atoms with E-state index >= 15 is 0 Å². The molecule has 1 aromatic heterocycles. The highest BCUT2D eigenvalue weighted by Crippen LogP contribution is 2.29. The Morgan fingerprint density at radius 3 is 2.57 bits per heavy atom. The normalized spacial score (nSPS) is 16.9. The minimum Gasteiger partial charge on any atom is -0.476 e. The van der Waals surface area contributed by atoms with Gasteiger partial charge in [0.15, 0.2) is 0 Å². The summed E-state index contributed by atoms with van der Waals surface area (Å²) in [5, 5.41) is 0. The van der Waals surface area contributed by atoms with Crippen LogP contribution in [0, 0.1) is 6.92 Å². The smallest absolute Gasteiger partial charge is 0.262 e. The second-order valence-electron chi connectivity index (χ2n) is 7.32. The average molecular weight is 504 g/mol. The first kappa shape index (κ1) is 22.9. The fraction of sp³-hybridized carbons (Fsp3) is 0.450. The molecule has 1 aromatic carbocycles. The number of likely N-dealkylation sites (tertiary alicyclic amines) is 1. The van der Waals surface area contributed by atoms with Gasteiger partial charge in [-0.05, 0) is 47.5 Å². The third-order valence-corrected chi connectivity index (χ3v) is 6.65. The van der Waals surface area contributed by atoms with Crippen molar-refractivity contribution in [1.82, 2.24) is 9.88 Å². The second kappa shape index (κ2) is 9.57. The molecule has 0 amide bonds. The third-order valence-electron chi connectivity index (χ3n) is 4.84. The Morgan fingerprint density at radius 1 is 1.23 bits per heavy atom. The Kier molecular flexibility index (Phi) is 7.30. The Labute approximate surface area is 183 Å². The standard InChI is InChI=1S/C20H24BrF2N3O3S/c1-15-3-5-17(6-4-15)30(27,28)25-18-13-16(21)14-24-19(18)29-12-2-9-26-10-7-20(22,23)8-11-26/h3-6,13-14,25H,2,7-12H2,1H3. The minimum atomic E-state index is -3.80. The van der Waals surface area contributed by atoms with Crippen LogP contribution in [0.25, 0.3) is 0 Å². The predicted molar refractivity (Wildman–Crippen MR) is 115 cm³/mol. The van der Waals surface area contributed by atoms with Crippen LogP contribution in [-0.2, 0) is 10.0 Å². The van der Waals surface area contributed by atoms with Crippen molar-refractivity contribution >= 4 is 31.6 Å². The molecule has 0 radical (unpaired) electrons. The molecule has 0 aliphatic carbocycles. The molecule has 0 spiro atoms. The SMILES string of the molecule is Cc1ccc(S(=O)(=O)Nc2cc(Br)cnc2OCCCN2CCC(F)(F)CC2)cc1. The number of alkyl halides is 2. The maximum absolute atomic E-state index is 13.2. The summed E-state index contributed by atoms with van der Waals surface area (Å²) in [6.07, 6.45) is 1.90. The average Bonchev–Trinajstić information content (AvgIpc) is 2.68. The molecule has 2 heterocycles. The van der Waals surface area contributed by atoms with Gasteiger partial charge in [-0.3, -0.25) is 4.72 Å². The van der Waals surface area contributed by atoms with Crippen LogP contribution in [0.4, 0.5) is 14.5 Å². The van der Waals surface area contributed by atoms with Crippen LogP contribution in [0.2, 0.25) is 0 Å². The number of hydrogen-bond donors (Lipinski definition) is 1. The van der Waals surface area contributed by atoms with E-state index in [1.54, 1.807) is 18.2 Å². The van der Waals surface area contributed by atoms with E-state index in [9.17, 15) is 17.2 Å². The number of nitrogens with zero attached hydrogens (tertiary/aromatic N) is 2. The molecule has 10 heteroatoms. The molecule has 2 aromatic rings. The highest BCUT2D eigenvalue weighted by molar-refractivity contribution is 9.10. The topological polar surface area (TPSA) is 71.5 Å². The van der Waals surface area contributed by atoms with Gasteiger partial charge >= 0.3 is 0 Å². The van der Waals surface area contributed by atoms with Gasteiger partial charge in [0.1, 0.15) is 5.69 Å². The molecule has 0 unspecified atom stereocenters. The van der Waals surface area contributed by atoms with E-state index < -0.39 is 15.9 Å². The Bertz CT molecular complexity index is 962. The van der Waals surface area contributed by atoms with Gasteiger partial charge in [0.25, 0.3) is 15.9 Å². The number of ether oxygens (including phenoxy) is 1. The first-order chi connectivity index (χ1) is 14.1. The predicted octanol–water partition coefficient (Wildman–Crippen LogP) is 4.45. The quantitative estimate of drug-likeness (QED) is 0.538. The highest BCUT2D eigenvalue weighted by atomic mass is 79.9. The molecule has 0 saturated carbocycles. The monoisotopic (exact) mass is 503 g/mol. The lowest BCUT2D eigenvalue weighted by Crippen LogP contribution is -2.40. The summed E-state index contributed by atoms with van der Waals surface area (Å²) in [4.78, 5) is 6.29. The number of sulfonamides is 1. The van der Waals surface area contributed by atoms with Crippen LogP contribution in [0.3, 0.4) is 0 Å². The lowest BCUT2D eigenvalue weighted by molar-refractivity contribution is -0.0554. The van der Waals surface area contributed by atoms with E-state index in [0.717, 1.165) is 5.56 Å². The number of piperidine rings is 1. The maximum Gasteiger partial charge on any atom is 0.262 e. The zero-order valence-corrected chi connectivity index (χ0v) is 19.0. The molecule has 3 rings (SSSR count). The van der Waals surface area contributed by atoms with E-state index in [0.29, 0.717) is 37.1 Å². The number of benzene rings is 1. The van der Waals surface area contributed by atoms with Crippen LogP contribution < -0.4 is 9.46 Å². The molecule has 30 heavy (non-hydrogen) atoms. The molecule has 1 N–H and O–H groups in total. The number of pyridine rings is 1. The van der Waals surface area contributed by atoms with Gasteiger partial charge in [-0.1, -0.05) is 17.7 Å². The molecule has 1 saturated heterocycles. The fourth-order valence-corrected chi connectivity index (χ4v) is 4.48. The molecule has 0 atom stereocenters. The van der Waals surface area contributed by atoms with Crippen LogP contribution in [0.15, 0.2) is 45.9 Å². The van der Waals surface area contributed by atoms with E-state index in [2.05, 4.69) is 25.6 Å². The molecular weight excluding hydrogens is 480 g/mol. The number of aromatic nitrogens is 1. The van der Waals surface area contributed by atoms with Crippen molar-refractivity contribution in [2.45, 2.75) is 37.0 Å². The number of halogens is 3. The first-order valence-corrected chi connectivity index (χ1v) is 11.9. The van der Waals surface area contributed by atoms with E-state index in [1.807, 2.05) is 11.8 Å². The van der Waals surface area contributed by atoms with E-state index in [1.165, 1.54) is 18.3 Å². The summed E-state index contributed by atoms with van der Waals surface area (Å²) < 4.78 is 60.6. The summed E-state index contributed by atoms with van der Waals surface area (Å²) >= 11 is 3.29. The summed E-state index contributed by atoms with van der Waals surface area (Å²) in [5.74, 6) is -2.39. The largest absolute Gasteiger partial charge is 0.476 e. The molecular formula is C20H24BrF2N3O3S. The molecule has 1 aliphatic heterocycles. The van der Waals surface area contributed by atoms with Crippen molar-refractivity contribution in [2.24, 2.45) is 0 Å². The van der Waals surface area contributed by atoms with Gasteiger partial charge in [-0.15, -0.1) is 0 Å². The fourth-order valence-electron chi connectivity index (χ4n) is 3.10. The number of anilines is 1. The molecule has 164 valence electrons. The van der Waals surface area contributed by atoms with Crippen LogP contribution in [0.1, 0.15) is 24.8 Å².